The normalized spacial score (nSPS) is 22.0. The molecule has 1 aromatic carbocycles. The first kappa shape index (κ1) is 16.8. The Morgan fingerprint density at radius 3 is 2.55 bits per heavy atom. The van der Waals surface area contributed by atoms with Crippen molar-refractivity contribution in [3.63, 3.8) is 0 Å². The summed E-state index contributed by atoms with van der Waals surface area (Å²) in [7, 11) is -3.75. The van der Waals surface area contributed by atoms with Crippen molar-refractivity contribution < 1.29 is 27.1 Å². The minimum absolute atomic E-state index is 0.0460. The van der Waals surface area contributed by atoms with E-state index in [1.54, 1.807) is 6.92 Å². The van der Waals surface area contributed by atoms with Gasteiger partial charge >= 0.3 is 5.97 Å². The van der Waals surface area contributed by atoms with E-state index in [4.69, 9.17) is 21.1 Å². The number of benzene rings is 1. The lowest BCUT2D eigenvalue weighted by Crippen LogP contribution is -2.30. The van der Waals surface area contributed by atoms with Crippen LogP contribution in [0.3, 0.4) is 0 Å². The van der Waals surface area contributed by atoms with Crippen molar-refractivity contribution in [2.75, 3.05) is 6.26 Å². The smallest absolute Gasteiger partial charge is 0.376 e. The van der Waals surface area contributed by atoms with Crippen LogP contribution in [0, 0.1) is 5.82 Å². The SMILES string of the molecule is CCC1(C)OC(=O)C(Oc2ccc(Cl)c(F)c2)=C1S(C)(=O)=O. The second kappa shape index (κ2) is 5.55. The highest BCUT2D eigenvalue weighted by molar-refractivity contribution is 7.94. The van der Waals surface area contributed by atoms with E-state index in [2.05, 4.69) is 0 Å². The van der Waals surface area contributed by atoms with Crippen molar-refractivity contribution >= 4 is 27.4 Å². The third kappa shape index (κ3) is 2.96. The second-order valence-corrected chi connectivity index (χ2v) is 7.44. The summed E-state index contributed by atoms with van der Waals surface area (Å²) in [5.41, 5.74) is -1.30. The van der Waals surface area contributed by atoms with Crippen molar-refractivity contribution in [1.82, 2.24) is 0 Å². The molecule has 0 radical (unpaired) electrons. The van der Waals surface area contributed by atoms with Crippen molar-refractivity contribution in [1.29, 1.82) is 0 Å². The number of cyclic esters (lactones) is 1. The molecule has 1 aromatic rings. The molecule has 1 aliphatic heterocycles. The number of hydrogen-bond donors (Lipinski definition) is 0. The predicted octanol–water partition coefficient (Wildman–Crippen LogP) is 2.84. The number of carbonyl (C=O) groups is 1. The van der Waals surface area contributed by atoms with E-state index in [0.29, 0.717) is 0 Å². The van der Waals surface area contributed by atoms with Crippen LogP contribution in [0.4, 0.5) is 4.39 Å². The molecule has 120 valence electrons. The minimum atomic E-state index is -3.75. The van der Waals surface area contributed by atoms with Crippen LogP contribution in [0.15, 0.2) is 28.9 Å². The highest BCUT2D eigenvalue weighted by Gasteiger charge is 2.49. The number of rotatable bonds is 4. The molecule has 0 saturated heterocycles. The van der Waals surface area contributed by atoms with Gasteiger partial charge in [-0.1, -0.05) is 18.5 Å². The van der Waals surface area contributed by atoms with Gasteiger partial charge in [0.1, 0.15) is 22.1 Å². The molecule has 1 heterocycles. The number of carbonyl (C=O) groups excluding carboxylic acids is 1. The number of halogens is 2. The molecule has 0 fully saturated rings. The molecule has 1 unspecified atom stereocenters. The minimum Gasteiger partial charge on any atom is -0.448 e. The van der Waals surface area contributed by atoms with Crippen LogP contribution in [0.25, 0.3) is 0 Å². The molecule has 2 rings (SSSR count). The summed E-state index contributed by atoms with van der Waals surface area (Å²) >= 11 is 5.56. The lowest BCUT2D eigenvalue weighted by Gasteiger charge is -2.22. The summed E-state index contributed by atoms with van der Waals surface area (Å²) < 4.78 is 47.9. The number of ether oxygens (including phenoxy) is 2. The zero-order valence-corrected chi connectivity index (χ0v) is 13.7. The van der Waals surface area contributed by atoms with Crippen LogP contribution < -0.4 is 4.74 Å². The summed E-state index contributed by atoms with van der Waals surface area (Å²) in [4.78, 5) is 11.7. The van der Waals surface area contributed by atoms with E-state index in [1.807, 2.05) is 0 Å². The zero-order chi connectivity index (χ0) is 16.7. The van der Waals surface area contributed by atoms with E-state index < -0.39 is 33.0 Å². The summed E-state index contributed by atoms with van der Waals surface area (Å²) in [5, 5.41) is -0.114. The molecule has 0 N–H and O–H groups in total. The molecule has 1 atom stereocenters. The van der Waals surface area contributed by atoms with Crippen molar-refractivity contribution in [2.45, 2.75) is 25.9 Å². The molecule has 0 aliphatic carbocycles. The topological polar surface area (TPSA) is 69.7 Å². The Bertz CT molecular complexity index is 771. The van der Waals surface area contributed by atoms with E-state index in [9.17, 15) is 17.6 Å². The Balaban J connectivity index is 2.55. The number of sulfone groups is 1. The molecule has 0 aromatic heterocycles. The molecular formula is C14H14ClFO5S. The third-order valence-electron chi connectivity index (χ3n) is 3.35. The molecule has 0 spiro atoms. The van der Waals surface area contributed by atoms with Gasteiger partial charge in [-0.05, 0) is 25.5 Å². The van der Waals surface area contributed by atoms with E-state index in [-0.39, 0.29) is 22.1 Å². The maximum Gasteiger partial charge on any atom is 0.376 e. The summed E-state index contributed by atoms with van der Waals surface area (Å²) in [6.45, 7) is 3.17. The van der Waals surface area contributed by atoms with Gasteiger partial charge < -0.3 is 9.47 Å². The third-order valence-corrected chi connectivity index (χ3v) is 5.01. The average molecular weight is 349 g/mol. The maximum absolute atomic E-state index is 13.4. The van der Waals surface area contributed by atoms with Crippen LogP contribution in [0.5, 0.6) is 5.75 Å². The summed E-state index contributed by atoms with van der Waals surface area (Å²) in [6, 6.07) is 3.53. The summed E-state index contributed by atoms with van der Waals surface area (Å²) in [6.07, 6.45) is 1.22. The molecule has 8 heteroatoms. The summed E-state index contributed by atoms with van der Waals surface area (Å²) in [5.74, 6) is -2.14. The van der Waals surface area contributed by atoms with Crippen LogP contribution in [0.2, 0.25) is 5.02 Å². The molecular weight excluding hydrogens is 335 g/mol. The molecule has 0 amide bonds. The van der Waals surface area contributed by atoms with Gasteiger partial charge in [0.25, 0.3) is 0 Å². The van der Waals surface area contributed by atoms with Gasteiger partial charge in [0.2, 0.25) is 5.76 Å². The Morgan fingerprint density at radius 1 is 1.41 bits per heavy atom. The molecule has 5 nitrogen and oxygen atoms in total. The van der Waals surface area contributed by atoms with Gasteiger partial charge in [0.05, 0.1) is 5.02 Å². The Hall–Kier alpha value is -1.60. The fourth-order valence-electron chi connectivity index (χ4n) is 2.17. The van der Waals surface area contributed by atoms with E-state index in [0.717, 1.165) is 12.3 Å². The Morgan fingerprint density at radius 2 is 2.05 bits per heavy atom. The van der Waals surface area contributed by atoms with E-state index >= 15 is 0 Å². The van der Waals surface area contributed by atoms with Gasteiger partial charge in [0, 0.05) is 12.3 Å². The van der Waals surface area contributed by atoms with Crippen LogP contribution in [0.1, 0.15) is 20.3 Å². The highest BCUT2D eigenvalue weighted by atomic mass is 35.5. The van der Waals surface area contributed by atoms with Gasteiger partial charge in [-0.3, -0.25) is 0 Å². The molecule has 22 heavy (non-hydrogen) atoms. The maximum atomic E-state index is 13.4. The zero-order valence-electron chi connectivity index (χ0n) is 12.1. The second-order valence-electron chi connectivity index (χ2n) is 5.08. The standard InChI is InChI=1S/C14H14ClFO5S/c1-4-14(2)12(22(3,18)19)11(13(17)21-14)20-8-5-6-9(15)10(16)7-8/h5-7H,4H2,1-3H3. The molecule has 1 aliphatic rings. The van der Waals surface area contributed by atoms with Crippen molar-refractivity contribution in [3.8, 4) is 5.75 Å². The highest BCUT2D eigenvalue weighted by Crippen LogP contribution is 2.39. The first-order valence-electron chi connectivity index (χ1n) is 6.39. The molecule has 0 saturated carbocycles. The van der Waals surface area contributed by atoms with Crippen molar-refractivity contribution in [3.05, 3.63) is 39.7 Å². The van der Waals surface area contributed by atoms with Crippen LogP contribution in [-0.4, -0.2) is 26.2 Å². The van der Waals surface area contributed by atoms with Gasteiger partial charge in [-0.2, -0.15) is 0 Å². The first-order chi connectivity index (χ1) is 10.1. The number of esters is 1. The average Bonchev–Trinajstić information content (AvgIpc) is 2.65. The van der Waals surface area contributed by atoms with Gasteiger partial charge in [0.15, 0.2) is 9.84 Å². The quantitative estimate of drug-likeness (QED) is 0.782. The fraction of sp³-hybridized carbons (Fsp3) is 0.357. The monoisotopic (exact) mass is 348 g/mol. The number of hydrogen-bond acceptors (Lipinski definition) is 5. The van der Waals surface area contributed by atoms with Gasteiger partial charge in [-0.15, -0.1) is 0 Å². The lowest BCUT2D eigenvalue weighted by atomic mass is 10.0. The van der Waals surface area contributed by atoms with Crippen LogP contribution in [-0.2, 0) is 19.4 Å². The molecule has 0 bridgehead atoms. The Kier molecular flexibility index (Phi) is 4.23. The predicted molar refractivity (Wildman–Crippen MR) is 78.7 cm³/mol. The lowest BCUT2D eigenvalue weighted by molar-refractivity contribution is -0.147. The largest absolute Gasteiger partial charge is 0.448 e. The first-order valence-corrected chi connectivity index (χ1v) is 8.66. The van der Waals surface area contributed by atoms with Crippen molar-refractivity contribution in [2.24, 2.45) is 0 Å². The fourth-order valence-corrected chi connectivity index (χ4v) is 3.72. The van der Waals surface area contributed by atoms with E-state index in [1.165, 1.54) is 19.1 Å². The Labute approximate surface area is 132 Å². The van der Waals surface area contributed by atoms with Crippen LogP contribution >= 0.6 is 11.6 Å². The van der Waals surface area contributed by atoms with Gasteiger partial charge in [-0.25, -0.2) is 17.6 Å².